The van der Waals surface area contributed by atoms with Crippen LogP contribution < -0.4 is 0 Å². The number of ether oxygens (including phenoxy) is 4. The molecular weight excluding hydrogens is 340 g/mol. The lowest BCUT2D eigenvalue weighted by atomic mass is 10.0. The van der Waals surface area contributed by atoms with Gasteiger partial charge in [-0.1, -0.05) is 0 Å². The first-order valence-corrected chi connectivity index (χ1v) is 9.57. The molecule has 0 aromatic carbocycles. The van der Waals surface area contributed by atoms with Gasteiger partial charge in [0.25, 0.3) is 0 Å². The molecule has 0 aromatic heterocycles. The van der Waals surface area contributed by atoms with Crippen molar-refractivity contribution in [2.75, 3.05) is 24.7 Å². The van der Waals surface area contributed by atoms with Crippen LogP contribution in [0.25, 0.3) is 0 Å². The van der Waals surface area contributed by atoms with Crippen LogP contribution in [0.3, 0.4) is 0 Å². The minimum Gasteiger partial charge on any atom is -0.453 e. The monoisotopic (exact) mass is 364 g/mol. The van der Waals surface area contributed by atoms with Crippen LogP contribution in [0.2, 0.25) is 0 Å². The SMILES string of the molecule is CC(C)(COC(C)(C)CC1CSC(=O)O1)OCC1CSC(=O)O1. The van der Waals surface area contributed by atoms with Crippen LogP contribution in [-0.2, 0) is 18.9 Å². The molecule has 0 bridgehead atoms. The molecule has 0 spiro atoms. The van der Waals surface area contributed by atoms with Gasteiger partial charge < -0.3 is 18.9 Å². The summed E-state index contributed by atoms with van der Waals surface area (Å²) < 4.78 is 22.2. The first-order chi connectivity index (χ1) is 10.7. The molecule has 6 nitrogen and oxygen atoms in total. The summed E-state index contributed by atoms with van der Waals surface area (Å²) in [5.41, 5.74) is -0.899. The van der Waals surface area contributed by atoms with Gasteiger partial charge in [0.2, 0.25) is 0 Å². The smallest absolute Gasteiger partial charge is 0.367 e. The Morgan fingerprint density at radius 2 is 1.52 bits per heavy atom. The third-order valence-corrected chi connectivity index (χ3v) is 5.23. The Balaban J connectivity index is 1.71. The number of thioether (sulfide) groups is 2. The molecule has 0 aromatic rings. The zero-order valence-electron chi connectivity index (χ0n) is 14.0. The summed E-state index contributed by atoms with van der Waals surface area (Å²) >= 11 is 2.38. The Labute approximate surface area is 145 Å². The summed E-state index contributed by atoms with van der Waals surface area (Å²) in [5.74, 6) is 1.31. The molecule has 2 aliphatic rings. The van der Waals surface area contributed by atoms with Gasteiger partial charge in [-0.05, 0) is 51.2 Å². The number of rotatable bonds is 8. The predicted molar refractivity (Wildman–Crippen MR) is 90.1 cm³/mol. The van der Waals surface area contributed by atoms with E-state index in [4.69, 9.17) is 18.9 Å². The van der Waals surface area contributed by atoms with Crippen molar-refractivity contribution in [1.82, 2.24) is 0 Å². The van der Waals surface area contributed by atoms with Gasteiger partial charge in [0.15, 0.2) is 0 Å². The van der Waals surface area contributed by atoms with E-state index in [0.29, 0.717) is 31.1 Å². The highest BCUT2D eigenvalue weighted by molar-refractivity contribution is 8.13. The summed E-state index contributed by atoms with van der Waals surface area (Å²) in [6.07, 6.45) is 0.370. The molecular formula is C15H24O6S2. The van der Waals surface area contributed by atoms with E-state index in [1.54, 1.807) is 0 Å². The van der Waals surface area contributed by atoms with E-state index < -0.39 is 11.2 Å². The fourth-order valence-corrected chi connectivity index (χ4v) is 3.65. The summed E-state index contributed by atoms with van der Waals surface area (Å²) in [4.78, 5) is 22.2. The van der Waals surface area contributed by atoms with Crippen LogP contribution in [0.4, 0.5) is 9.59 Å². The van der Waals surface area contributed by atoms with Gasteiger partial charge in [0, 0.05) is 17.9 Å². The molecule has 8 heteroatoms. The van der Waals surface area contributed by atoms with Crippen LogP contribution in [0.5, 0.6) is 0 Å². The van der Waals surface area contributed by atoms with Crippen molar-refractivity contribution in [3.05, 3.63) is 0 Å². The van der Waals surface area contributed by atoms with Gasteiger partial charge in [-0.25, -0.2) is 9.59 Å². The Morgan fingerprint density at radius 3 is 2.04 bits per heavy atom. The van der Waals surface area contributed by atoms with Crippen molar-refractivity contribution in [2.24, 2.45) is 0 Å². The highest BCUT2D eigenvalue weighted by Crippen LogP contribution is 2.29. The Hall–Kier alpha value is -0.440. The third kappa shape index (κ3) is 6.52. The second kappa shape index (κ2) is 7.63. The maximum atomic E-state index is 11.1. The molecule has 2 aliphatic heterocycles. The Morgan fingerprint density at radius 1 is 0.957 bits per heavy atom. The molecule has 23 heavy (non-hydrogen) atoms. The third-order valence-electron chi connectivity index (χ3n) is 3.49. The minimum absolute atomic E-state index is 0.0959. The standard InChI is InChI=1S/C15H24O6S2/c1-14(2,5-10-7-22-12(16)20-10)19-9-15(3,4)18-6-11-8-23-13(17)21-11/h10-11H,5-9H2,1-4H3. The maximum absolute atomic E-state index is 11.1. The van der Waals surface area contributed by atoms with Crippen LogP contribution in [-0.4, -0.2) is 58.7 Å². The zero-order chi connectivity index (χ0) is 17.1. The number of hydrogen-bond donors (Lipinski definition) is 0. The number of cyclic esters (lactones) is 2. The van der Waals surface area contributed by atoms with Crippen LogP contribution in [0.15, 0.2) is 0 Å². The van der Waals surface area contributed by atoms with Gasteiger partial charge in [0.1, 0.15) is 12.2 Å². The minimum atomic E-state index is -0.488. The number of hydrogen-bond acceptors (Lipinski definition) is 8. The van der Waals surface area contributed by atoms with Crippen molar-refractivity contribution in [3.8, 4) is 0 Å². The van der Waals surface area contributed by atoms with Crippen molar-refractivity contribution in [3.63, 3.8) is 0 Å². The largest absolute Gasteiger partial charge is 0.453 e. The topological polar surface area (TPSA) is 71.1 Å². The Kier molecular flexibility index (Phi) is 6.27. The van der Waals surface area contributed by atoms with E-state index in [2.05, 4.69) is 0 Å². The van der Waals surface area contributed by atoms with Crippen molar-refractivity contribution in [1.29, 1.82) is 0 Å². The lowest BCUT2D eigenvalue weighted by Gasteiger charge is -2.33. The summed E-state index contributed by atoms with van der Waals surface area (Å²) in [5, 5.41) is -0.448. The summed E-state index contributed by atoms with van der Waals surface area (Å²) in [6, 6.07) is 0. The molecule has 0 radical (unpaired) electrons. The highest BCUT2D eigenvalue weighted by Gasteiger charge is 2.34. The van der Waals surface area contributed by atoms with Gasteiger partial charge in [-0.2, -0.15) is 0 Å². The molecule has 132 valence electrons. The molecule has 0 N–H and O–H groups in total. The van der Waals surface area contributed by atoms with E-state index in [1.807, 2.05) is 27.7 Å². The fourth-order valence-electron chi connectivity index (χ4n) is 2.25. The van der Waals surface area contributed by atoms with Crippen molar-refractivity contribution >= 4 is 34.1 Å². The molecule has 0 aliphatic carbocycles. The average molecular weight is 364 g/mol. The lowest BCUT2D eigenvalue weighted by Crippen LogP contribution is -2.40. The van der Waals surface area contributed by atoms with Crippen molar-refractivity contribution in [2.45, 2.75) is 57.5 Å². The molecule has 0 amide bonds. The number of carbonyl (C=O) groups excluding carboxylic acids is 2. The first kappa shape index (κ1) is 18.9. The van der Waals surface area contributed by atoms with E-state index in [1.165, 1.54) is 23.5 Å². The van der Waals surface area contributed by atoms with E-state index in [9.17, 15) is 9.59 Å². The molecule has 2 rings (SSSR count). The predicted octanol–water partition coefficient (Wildman–Crippen LogP) is 3.47. The van der Waals surface area contributed by atoms with Crippen LogP contribution >= 0.6 is 23.5 Å². The Bertz CT molecular complexity index is 451. The van der Waals surface area contributed by atoms with E-state index in [-0.39, 0.29) is 22.8 Å². The summed E-state index contributed by atoms with van der Waals surface area (Å²) in [6.45, 7) is 8.62. The van der Waals surface area contributed by atoms with Gasteiger partial charge in [0.05, 0.1) is 24.4 Å². The van der Waals surface area contributed by atoms with Gasteiger partial charge in [-0.15, -0.1) is 0 Å². The molecule has 0 saturated carbocycles. The van der Waals surface area contributed by atoms with Crippen LogP contribution in [0, 0.1) is 0 Å². The average Bonchev–Trinajstić information content (AvgIpc) is 3.03. The normalized spacial score (nSPS) is 25.6. The maximum Gasteiger partial charge on any atom is 0.367 e. The van der Waals surface area contributed by atoms with Gasteiger partial charge >= 0.3 is 10.6 Å². The van der Waals surface area contributed by atoms with E-state index in [0.717, 1.165) is 0 Å². The molecule has 2 saturated heterocycles. The summed E-state index contributed by atoms with van der Waals surface area (Å²) in [7, 11) is 0. The zero-order valence-corrected chi connectivity index (χ0v) is 15.6. The highest BCUT2D eigenvalue weighted by atomic mass is 32.2. The lowest BCUT2D eigenvalue weighted by molar-refractivity contribution is -0.136. The number of carbonyl (C=O) groups is 2. The van der Waals surface area contributed by atoms with E-state index >= 15 is 0 Å². The van der Waals surface area contributed by atoms with Crippen LogP contribution in [0.1, 0.15) is 34.1 Å². The molecule has 2 unspecified atom stereocenters. The van der Waals surface area contributed by atoms with Crippen molar-refractivity contribution < 1.29 is 28.5 Å². The molecule has 2 heterocycles. The molecule has 2 fully saturated rings. The quantitative estimate of drug-likeness (QED) is 0.606. The fraction of sp³-hybridized carbons (Fsp3) is 0.867. The first-order valence-electron chi connectivity index (χ1n) is 7.60. The molecule has 2 atom stereocenters. The second-order valence-electron chi connectivity index (χ2n) is 6.92. The van der Waals surface area contributed by atoms with Gasteiger partial charge in [-0.3, -0.25) is 0 Å². The second-order valence-corrected chi connectivity index (χ2v) is 8.84.